The molecule has 0 atom stereocenters. The van der Waals surface area contributed by atoms with Gasteiger partial charge in [-0.15, -0.1) is 0 Å². The van der Waals surface area contributed by atoms with Gasteiger partial charge in [-0.25, -0.2) is 9.97 Å². The average molecular weight is 274 g/mol. The van der Waals surface area contributed by atoms with Gasteiger partial charge in [-0.05, 0) is 14.1 Å². The van der Waals surface area contributed by atoms with E-state index in [2.05, 4.69) is 19.9 Å². The van der Waals surface area contributed by atoms with Gasteiger partial charge >= 0.3 is 0 Å². The van der Waals surface area contributed by atoms with Gasteiger partial charge in [-0.2, -0.15) is 4.98 Å². The molecule has 0 aliphatic carbocycles. The zero-order valence-corrected chi connectivity index (χ0v) is 11.2. The summed E-state index contributed by atoms with van der Waals surface area (Å²) < 4.78 is 15.9. The molecule has 0 radical (unpaired) electrons. The van der Waals surface area contributed by atoms with Gasteiger partial charge in [0.2, 0.25) is 5.89 Å². The highest BCUT2D eigenvalue weighted by Gasteiger charge is 2.16. The van der Waals surface area contributed by atoms with E-state index in [0.29, 0.717) is 23.4 Å². The Kier molecular flexibility index (Phi) is 3.34. The zero-order chi connectivity index (χ0) is 13.9. The Morgan fingerprint density at radius 1 is 1.00 bits per heavy atom. The number of likely N-dealkylation sites (N-methyl/N-ethyl adjacent to an activating group) is 1. The van der Waals surface area contributed by atoms with Gasteiger partial charge < -0.3 is 18.2 Å². The van der Waals surface area contributed by atoms with Gasteiger partial charge in [0, 0.05) is 13.0 Å². The molecule has 0 saturated carbocycles. The summed E-state index contributed by atoms with van der Waals surface area (Å²) in [5.74, 6) is 1.07. The van der Waals surface area contributed by atoms with Gasteiger partial charge in [0.15, 0.2) is 5.69 Å². The van der Waals surface area contributed by atoms with Crippen LogP contribution in [0.4, 0.5) is 0 Å². The first-order valence-electron chi connectivity index (χ1n) is 6.17. The summed E-state index contributed by atoms with van der Waals surface area (Å²) in [4.78, 5) is 14.7. The Hall–Kier alpha value is -2.41. The van der Waals surface area contributed by atoms with Crippen LogP contribution >= 0.6 is 0 Å². The second-order valence-corrected chi connectivity index (χ2v) is 4.57. The summed E-state index contributed by atoms with van der Waals surface area (Å²) in [6, 6.07) is 0. The Balaban J connectivity index is 1.76. The highest BCUT2D eigenvalue weighted by molar-refractivity contribution is 5.50. The summed E-state index contributed by atoms with van der Waals surface area (Å²) in [6.07, 6.45) is 6.92. The third-order valence-electron chi connectivity index (χ3n) is 2.71. The van der Waals surface area contributed by atoms with Crippen molar-refractivity contribution < 1.29 is 13.3 Å². The zero-order valence-electron chi connectivity index (χ0n) is 11.2. The minimum atomic E-state index is 0.314. The maximum absolute atomic E-state index is 5.38. The first-order valence-corrected chi connectivity index (χ1v) is 6.17. The molecule has 0 amide bonds. The van der Waals surface area contributed by atoms with E-state index < -0.39 is 0 Å². The van der Waals surface area contributed by atoms with Crippen LogP contribution in [0.15, 0.2) is 38.2 Å². The second-order valence-electron chi connectivity index (χ2n) is 4.57. The molecule has 0 aliphatic rings. The largest absolute Gasteiger partial charge is 0.443 e. The van der Waals surface area contributed by atoms with E-state index in [1.54, 1.807) is 12.5 Å². The van der Waals surface area contributed by atoms with Crippen LogP contribution in [0.5, 0.6) is 0 Å². The van der Waals surface area contributed by atoms with Crippen molar-refractivity contribution in [3.8, 4) is 23.4 Å². The number of oxazole rings is 3. The third-order valence-corrected chi connectivity index (χ3v) is 2.71. The second kappa shape index (κ2) is 5.30. The fourth-order valence-corrected chi connectivity index (χ4v) is 1.68. The molecular formula is C13H14N4O3. The molecule has 0 saturated heterocycles. The van der Waals surface area contributed by atoms with Gasteiger partial charge in [-0.1, -0.05) is 0 Å². The topological polar surface area (TPSA) is 81.3 Å². The first-order chi connectivity index (χ1) is 9.72. The highest BCUT2D eigenvalue weighted by Crippen LogP contribution is 2.23. The van der Waals surface area contributed by atoms with E-state index in [0.717, 1.165) is 18.7 Å². The molecule has 0 aliphatic heterocycles. The number of aromatic nitrogens is 3. The van der Waals surface area contributed by atoms with Crippen LogP contribution in [0, 0.1) is 0 Å². The molecule has 7 nitrogen and oxygen atoms in total. The third kappa shape index (κ3) is 2.62. The summed E-state index contributed by atoms with van der Waals surface area (Å²) in [7, 11) is 4.02. The molecule has 3 aromatic heterocycles. The maximum atomic E-state index is 5.38. The molecular weight excluding hydrogens is 260 g/mol. The van der Waals surface area contributed by atoms with Crippen LogP contribution in [-0.2, 0) is 6.42 Å². The minimum absolute atomic E-state index is 0.314. The monoisotopic (exact) mass is 274 g/mol. The molecule has 104 valence electrons. The molecule has 0 bridgehead atoms. The van der Waals surface area contributed by atoms with Gasteiger partial charge in [0.1, 0.15) is 18.8 Å². The molecule has 7 heteroatoms. The molecule has 0 aromatic carbocycles. The smallest absolute Gasteiger partial charge is 0.284 e. The molecule has 0 spiro atoms. The standard InChI is InChI=1S/C13H14N4O3/c1-17(2)5-3-9-7-19-12(15-9)13-16-10(8-20-13)11-14-4-6-18-11/h4,6-8H,3,5H2,1-2H3. The summed E-state index contributed by atoms with van der Waals surface area (Å²) >= 11 is 0. The van der Waals surface area contributed by atoms with Gasteiger partial charge in [-0.3, -0.25) is 0 Å². The predicted molar refractivity (Wildman–Crippen MR) is 69.8 cm³/mol. The van der Waals surface area contributed by atoms with E-state index in [9.17, 15) is 0 Å². The highest BCUT2D eigenvalue weighted by atomic mass is 16.4. The molecule has 0 N–H and O–H groups in total. The molecule has 3 rings (SSSR count). The number of nitrogens with zero attached hydrogens (tertiary/aromatic N) is 4. The number of rotatable bonds is 5. The van der Waals surface area contributed by atoms with Crippen molar-refractivity contribution in [2.24, 2.45) is 0 Å². The Labute approximate surface area is 115 Å². The van der Waals surface area contributed by atoms with Crippen LogP contribution in [0.25, 0.3) is 23.4 Å². The van der Waals surface area contributed by atoms with Crippen LogP contribution in [0.1, 0.15) is 5.69 Å². The van der Waals surface area contributed by atoms with Crippen molar-refractivity contribution in [3.05, 3.63) is 30.7 Å². The molecule has 0 unspecified atom stereocenters. The van der Waals surface area contributed by atoms with Crippen molar-refractivity contribution in [3.63, 3.8) is 0 Å². The minimum Gasteiger partial charge on any atom is -0.443 e. The number of hydrogen-bond donors (Lipinski definition) is 0. The van der Waals surface area contributed by atoms with Crippen LogP contribution < -0.4 is 0 Å². The van der Waals surface area contributed by atoms with E-state index in [1.807, 2.05) is 14.1 Å². The molecule has 20 heavy (non-hydrogen) atoms. The predicted octanol–water partition coefficient (Wildman–Crippen LogP) is 2.09. The maximum Gasteiger partial charge on any atom is 0.284 e. The van der Waals surface area contributed by atoms with Crippen molar-refractivity contribution in [1.29, 1.82) is 0 Å². The first kappa shape index (κ1) is 12.6. The lowest BCUT2D eigenvalue weighted by Gasteiger charge is -2.05. The Morgan fingerprint density at radius 2 is 1.80 bits per heavy atom. The summed E-state index contributed by atoms with van der Waals surface area (Å²) in [5.41, 5.74) is 1.38. The van der Waals surface area contributed by atoms with E-state index in [-0.39, 0.29) is 0 Å². The van der Waals surface area contributed by atoms with Crippen LogP contribution in [-0.4, -0.2) is 40.5 Å². The Morgan fingerprint density at radius 3 is 2.55 bits per heavy atom. The number of hydrogen-bond acceptors (Lipinski definition) is 7. The van der Waals surface area contributed by atoms with Gasteiger partial charge in [0.05, 0.1) is 11.9 Å². The summed E-state index contributed by atoms with van der Waals surface area (Å²) in [5, 5.41) is 0. The fourth-order valence-electron chi connectivity index (χ4n) is 1.68. The van der Waals surface area contributed by atoms with Gasteiger partial charge in [0.25, 0.3) is 11.8 Å². The van der Waals surface area contributed by atoms with Crippen molar-refractivity contribution in [1.82, 2.24) is 19.9 Å². The van der Waals surface area contributed by atoms with Crippen LogP contribution in [0.3, 0.4) is 0 Å². The normalized spacial score (nSPS) is 11.3. The quantitative estimate of drug-likeness (QED) is 0.704. The molecule has 0 fully saturated rings. The van der Waals surface area contributed by atoms with Crippen molar-refractivity contribution in [2.45, 2.75) is 6.42 Å². The molecule has 3 heterocycles. The fraction of sp³-hybridized carbons (Fsp3) is 0.308. The van der Waals surface area contributed by atoms with E-state index in [1.165, 1.54) is 12.5 Å². The van der Waals surface area contributed by atoms with Crippen molar-refractivity contribution >= 4 is 0 Å². The lowest BCUT2D eigenvalue weighted by atomic mass is 10.3. The summed E-state index contributed by atoms with van der Waals surface area (Å²) in [6.45, 7) is 0.902. The average Bonchev–Trinajstić information content (AvgIpc) is 3.15. The van der Waals surface area contributed by atoms with Crippen molar-refractivity contribution in [2.75, 3.05) is 20.6 Å². The van der Waals surface area contributed by atoms with Crippen LogP contribution in [0.2, 0.25) is 0 Å². The lowest BCUT2D eigenvalue weighted by molar-refractivity contribution is 0.411. The SMILES string of the molecule is CN(C)CCc1coc(-c2nc(-c3ncco3)co2)n1. The van der Waals surface area contributed by atoms with E-state index in [4.69, 9.17) is 13.3 Å². The molecule has 3 aromatic rings. The lowest BCUT2D eigenvalue weighted by Crippen LogP contribution is -2.15. The van der Waals surface area contributed by atoms with E-state index >= 15 is 0 Å². The Bertz CT molecular complexity index is 669.